The quantitative estimate of drug-likeness (QED) is 0.389. The van der Waals surface area contributed by atoms with E-state index in [1.807, 2.05) is 0 Å². The lowest BCUT2D eigenvalue weighted by Gasteiger charge is -2.05. The van der Waals surface area contributed by atoms with Crippen LogP contribution in [0.3, 0.4) is 0 Å². The number of anilines is 1. The van der Waals surface area contributed by atoms with E-state index in [2.05, 4.69) is 30.5 Å². The van der Waals surface area contributed by atoms with Crippen LogP contribution in [0.15, 0.2) is 24.7 Å². The van der Waals surface area contributed by atoms with E-state index < -0.39 is 11.9 Å². The van der Waals surface area contributed by atoms with Gasteiger partial charge in [0, 0.05) is 12.7 Å². The van der Waals surface area contributed by atoms with E-state index in [1.165, 1.54) is 30.7 Å². The highest BCUT2D eigenvalue weighted by Gasteiger charge is 2.28. The highest BCUT2D eigenvalue weighted by Crippen LogP contribution is 2.34. The smallest absolute Gasteiger partial charge is 0.337 e. The molecular formula is C17H15N7O4. The zero-order valence-corrected chi connectivity index (χ0v) is 14.4. The third-order valence-electron chi connectivity index (χ3n) is 4.04. The molecule has 1 amide bonds. The van der Waals surface area contributed by atoms with Crippen molar-refractivity contribution in [2.45, 2.75) is 0 Å². The molecule has 0 fully saturated rings. The average Bonchev–Trinajstić information content (AvgIpc) is 3.39. The molecule has 1 aliphatic heterocycles. The van der Waals surface area contributed by atoms with E-state index in [0.29, 0.717) is 40.9 Å². The molecule has 0 aromatic carbocycles. The standard InChI is InChI=1S/C17H15N7O4/c18-2-4-28-16-10(6-21-24-16)14-20-7-12-13(23-14)9(15(25)22-12)5-11-8(17(26)27)1-3-19-11/h1,3,5-7,19H,2,4,18H2,(H,21,24)(H,22,25)(H,26,27)/b9-5-. The van der Waals surface area contributed by atoms with Crippen LogP contribution >= 0.6 is 0 Å². The molecule has 4 heterocycles. The number of aromatic carboxylic acids is 1. The first-order valence-electron chi connectivity index (χ1n) is 8.26. The summed E-state index contributed by atoms with van der Waals surface area (Å²) in [6, 6.07) is 1.42. The zero-order chi connectivity index (χ0) is 19.7. The van der Waals surface area contributed by atoms with E-state index in [9.17, 15) is 14.7 Å². The Balaban J connectivity index is 1.76. The van der Waals surface area contributed by atoms with Gasteiger partial charge in [-0.3, -0.25) is 4.79 Å². The molecule has 0 saturated heterocycles. The molecule has 0 radical (unpaired) electrons. The lowest BCUT2D eigenvalue weighted by Crippen LogP contribution is -2.11. The first-order valence-corrected chi connectivity index (χ1v) is 8.26. The van der Waals surface area contributed by atoms with Gasteiger partial charge in [0.15, 0.2) is 5.82 Å². The van der Waals surface area contributed by atoms with Crippen LogP contribution in [-0.2, 0) is 4.79 Å². The number of nitrogens with one attached hydrogen (secondary N) is 3. The van der Waals surface area contributed by atoms with E-state index in [0.717, 1.165) is 0 Å². The molecule has 3 aromatic heterocycles. The van der Waals surface area contributed by atoms with Crippen LogP contribution in [-0.4, -0.2) is 55.3 Å². The Morgan fingerprint density at radius 1 is 1.36 bits per heavy atom. The Morgan fingerprint density at radius 3 is 3.00 bits per heavy atom. The number of carbonyl (C=O) groups is 2. The van der Waals surface area contributed by atoms with Crippen molar-refractivity contribution in [1.29, 1.82) is 0 Å². The van der Waals surface area contributed by atoms with Crippen LogP contribution in [0, 0.1) is 0 Å². The Morgan fingerprint density at radius 2 is 2.21 bits per heavy atom. The van der Waals surface area contributed by atoms with Gasteiger partial charge in [-0.25, -0.2) is 19.9 Å². The fourth-order valence-electron chi connectivity index (χ4n) is 2.78. The number of aromatic amines is 2. The lowest BCUT2D eigenvalue weighted by atomic mass is 10.1. The highest BCUT2D eigenvalue weighted by atomic mass is 16.5. The SMILES string of the molecule is NCCOc1[nH]ncc1-c1ncc2c(n1)/C(=C/c1[nH]ccc1C(=O)O)C(=O)N2. The van der Waals surface area contributed by atoms with Gasteiger partial charge in [0.1, 0.15) is 17.9 Å². The summed E-state index contributed by atoms with van der Waals surface area (Å²) in [4.78, 5) is 35.2. The molecule has 0 saturated carbocycles. The molecule has 4 rings (SSSR count). The maximum absolute atomic E-state index is 12.4. The summed E-state index contributed by atoms with van der Waals surface area (Å²) in [5.74, 6) is -0.841. The fourth-order valence-corrected chi connectivity index (χ4v) is 2.78. The predicted octanol–water partition coefficient (Wildman–Crippen LogP) is 0.723. The summed E-state index contributed by atoms with van der Waals surface area (Å²) in [7, 11) is 0. The zero-order valence-electron chi connectivity index (χ0n) is 14.4. The van der Waals surface area contributed by atoms with Gasteiger partial charge in [-0.1, -0.05) is 0 Å². The van der Waals surface area contributed by atoms with E-state index >= 15 is 0 Å². The van der Waals surface area contributed by atoms with Crippen LogP contribution in [0.25, 0.3) is 23.0 Å². The Labute approximate surface area is 157 Å². The molecule has 3 aromatic rings. The fraction of sp³-hybridized carbons (Fsp3) is 0.118. The number of H-pyrrole nitrogens is 2. The van der Waals surface area contributed by atoms with Crippen LogP contribution < -0.4 is 15.8 Å². The summed E-state index contributed by atoms with van der Waals surface area (Å²) in [6.07, 6.45) is 5.92. The minimum Gasteiger partial charge on any atom is -0.478 e. The Kier molecular flexibility index (Phi) is 4.33. The number of nitrogens with two attached hydrogens (primary N) is 1. The number of hydrogen-bond donors (Lipinski definition) is 5. The molecule has 1 aliphatic rings. The summed E-state index contributed by atoms with van der Waals surface area (Å²) in [6.45, 7) is 0.618. The van der Waals surface area contributed by atoms with Gasteiger partial charge >= 0.3 is 5.97 Å². The Bertz CT molecular complexity index is 1100. The molecular weight excluding hydrogens is 366 g/mol. The number of rotatable bonds is 6. The minimum atomic E-state index is -1.10. The molecule has 6 N–H and O–H groups in total. The summed E-state index contributed by atoms with van der Waals surface area (Å²) >= 11 is 0. The molecule has 0 unspecified atom stereocenters. The molecule has 0 aliphatic carbocycles. The number of aromatic nitrogens is 5. The van der Waals surface area contributed by atoms with Crippen molar-refractivity contribution >= 4 is 29.2 Å². The largest absolute Gasteiger partial charge is 0.478 e. The normalized spacial score (nSPS) is 14.2. The van der Waals surface area contributed by atoms with E-state index in [1.54, 1.807) is 0 Å². The van der Waals surface area contributed by atoms with Crippen molar-refractivity contribution in [3.8, 4) is 17.3 Å². The maximum atomic E-state index is 12.4. The van der Waals surface area contributed by atoms with Gasteiger partial charge in [0.25, 0.3) is 5.91 Å². The van der Waals surface area contributed by atoms with Crippen molar-refractivity contribution in [2.24, 2.45) is 5.73 Å². The second-order valence-electron chi connectivity index (χ2n) is 5.83. The number of carboxylic acids is 1. The van der Waals surface area contributed by atoms with Gasteiger partial charge in [-0.2, -0.15) is 5.10 Å². The summed E-state index contributed by atoms with van der Waals surface area (Å²) in [5, 5.41) is 18.6. The lowest BCUT2D eigenvalue weighted by molar-refractivity contribution is -0.110. The molecule has 0 atom stereocenters. The van der Waals surface area contributed by atoms with Crippen LogP contribution in [0.1, 0.15) is 21.7 Å². The third kappa shape index (κ3) is 2.99. The number of fused-ring (bicyclic) bond motifs is 1. The second kappa shape index (κ2) is 6.96. The van der Waals surface area contributed by atoms with Gasteiger partial charge < -0.3 is 25.9 Å². The van der Waals surface area contributed by atoms with Crippen molar-refractivity contribution in [1.82, 2.24) is 25.1 Å². The molecule has 0 bridgehead atoms. The monoisotopic (exact) mass is 381 g/mol. The van der Waals surface area contributed by atoms with Crippen molar-refractivity contribution < 1.29 is 19.4 Å². The second-order valence-corrected chi connectivity index (χ2v) is 5.83. The molecule has 11 nitrogen and oxygen atoms in total. The first-order chi connectivity index (χ1) is 13.6. The van der Waals surface area contributed by atoms with Crippen LogP contribution in [0.5, 0.6) is 5.88 Å². The number of hydrogen-bond acceptors (Lipinski definition) is 7. The molecule has 142 valence electrons. The van der Waals surface area contributed by atoms with Gasteiger partial charge in [0.05, 0.1) is 34.9 Å². The number of carboxylic acid groups (broad SMARTS) is 1. The first kappa shape index (κ1) is 17.4. The van der Waals surface area contributed by atoms with Crippen molar-refractivity contribution in [2.75, 3.05) is 18.5 Å². The van der Waals surface area contributed by atoms with Crippen LogP contribution in [0.2, 0.25) is 0 Å². The minimum absolute atomic E-state index is 0.0512. The van der Waals surface area contributed by atoms with Gasteiger partial charge in [0.2, 0.25) is 5.88 Å². The number of carbonyl (C=O) groups excluding carboxylic acids is 1. The number of amides is 1. The van der Waals surface area contributed by atoms with Crippen molar-refractivity contribution in [3.05, 3.63) is 41.6 Å². The van der Waals surface area contributed by atoms with Gasteiger partial charge in [-0.15, -0.1) is 0 Å². The average molecular weight is 381 g/mol. The van der Waals surface area contributed by atoms with Crippen LogP contribution in [0.4, 0.5) is 5.69 Å². The topological polar surface area (TPSA) is 172 Å². The Hall–Kier alpha value is -3.99. The molecule has 11 heteroatoms. The van der Waals surface area contributed by atoms with E-state index in [4.69, 9.17) is 10.5 Å². The maximum Gasteiger partial charge on any atom is 0.337 e. The highest BCUT2D eigenvalue weighted by molar-refractivity contribution is 6.34. The van der Waals surface area contributed by atoms with E-state index in [-0.39, 0.29) is 17.7 Å². The third-order valence-corrected chi connectivity index (χ3v) is 4.04. The number of nitrogens with zero attached hydrogens (tertiary/aromatic N) is 3. The summed E-state index contributed by atoms with van der Waals surface area (Å²) in [5.41, 5.74) is 7.31. The predicted molar refractivity (Wildman–Crippen MR) is 98.4 cm³/mol. The summed E-state index contributed by atoms with van der Waals surface area (Å²) < 4.78 is 5.48. The number of ether oxygens (including phenoxy) is 1. The van der Waals surface area contributed by atoms with Crippen molar-refractivity contribution in [3.63, 3.8) is 0 Å². The van der Waals surface area contributed by atoms with Gasteiger partial charge in [-0.05, 0) is 12.1 Å². The molecule has 28 heavy (non-hydrogen) atoms. The molecule has 0 spiro atoms.